The van der Waals surface area contributed by atoms with Crippen molar-refractivity contribution in [1.29, 1.82) is 0 Å². The molecule has 0 fully saturated rings. The van der Waals surface area contributed by atoms with Crippen LogP contribution in [0.1, 0.15) is 37.6 Å². The topological polar surface area (TPSA) is 137 Å². The number of rotatable bonds is 6. The molecule has 0 aromatic heterocycles. The van der Waals surface area contributed by atoms with Crippen LogP contribution in [0.4, 0.5) is 16.2 Å². The largest absolute Gasteiger partial charge is 0.508 e. The van der Waals surface area contributed by atoms with Crippen LogP contribution >= 0.6 is 0 Å². The van der Waals surface area contributed by atoms with E-state index in [1.165, 1.54) is 12.1 Å². The van der Waals surface area contributed by atoms with Crippen molar-refractivity contribution in [3.8, 4) is 11.5 Å². The molecule has 0 unspecified atom stereocenters. The van der Waals surface area contributed by atoms with Crippen LogP contribution in [0.15, 0.2) is 42.5 Å². The number of hydrogen-bond donors (Lipinski definition) is 5. The standard InChI is InChI=1S/C21H25N3O6/c1-21(2,3)30-20(29)22-8-7-18(27)23-14-5-4-6-15(11-14)24-19(28)13-9-16(25)12-17(26)10-13/h4-6,9-12,25-26H,7-8H2,1-3H3,(H,22,29)(H,23,27)(H,24,28). The Labute approximate surface area is 174 Å². The Kier molecular flexibility index (Phi) is 7.24. The van der Waals surface area contributed by atoms with E-state index in [2.05, 4.69) is 16.0 Å². The summed E-state index contributed by atoms with van der Waals surface area (Å²) in [6.07, 6.45) is -0.559. The summed E-state index contributed by atoms with van der Waals surface area (Å²) >= 11 is 0. The van der Waals surface area contributed by atoms with Crippen LogP contribution in [-0.4, -0.2) is 40.3 Å². The molecular formula is C21H25N3O6. The van der Waals surface area contributed by atoms with E-state index in [0.717, 1.165) is 6.07 Å². The summed E-state index contributed by atoms with van der Waals surface area (Å²) in [5.41, 5.74) is 0.325. The van der Waals surface area contributed by atoms with Gasteiger partial charge in [-0.25, -0.2) is 4.79 Å². The molecule has 0 aliphatic heterocycles. The highest BCUT2D eigenvalue weighted by Gasteiger charge is 2.16. The van der Waals surface area contributed by atoms with Gasteiger partial charge in [0.05, 0.1) is 0 Å². The van der Waals surface area contributed by atoms with Crippen LogP contribution in [-0.2, 0) is 9.53 Å². The highest BCUT2D eigenvalue weighted by molar-refractivity contribution is 6.05. The second-order valence-electron chi connectivity index (χ2n) is 7.50. The van der Waals surface area contributed by atoms with E-state index in [1.807, 2.05) is 0 Å². The Morgan fingerprint density at radius 3 is 2.13 bits per heavy atom. The lowest BCUT2D eigenvalue weighted by molar-refractivity contribution is -0.116. The van der Waals surface area contributed by atoms with Gasteiger partial charge in [0, 0.05) is 36.0 Å². The molecule has 0 heterocycles. The summed E-state index contributed by atoms with van der Waals surface area (Å²) < 4.78 is 5.09. The van der Waals surface area contributed by atoms with Gasteiger partial charge in [-0.2, -0.15) is 0 Å². The van der Waals surface area contributed by atoms with Gasteiger partial charge < -0.3 is 30.9 Å². The minimum absolute atomic E-state index is 0.0401. The number of aromatic hydroxyl groups is 2. The molecule has 3 amide bonds. The number of phenolic OH excluding ortho intramolecular Hbond substituents is 2. The van der Waals surface area contributed by atoms with E-state index in [9.17, 15) is 24.6 Å². The molecule has 0 radical (unpaired) electrons. The fraction of sp³-hybridized carbons (Fsp3) is 0.286. The molecule has 0 atom stereocenters. The molecule has 0 bridgehead atoms. The first-order chi connectivity index (χ1) is 14.0. The monoisotopic (exact) mass is 415 g/mol. The fourth-order valence-electron chi connectivity index (χ4n) is 2.42. The third kappa shape index (κ3) is 7.70. The number of carbonyl (C=O) groups is 3. The molecule has 0 saturated heterocycles. The summed E-state index contributed by atoms with van der Waals surface area (Å²) in [6.45, 7) is 5.34. The lowest BCUT2D eigenvalue weighted by atomic mass is 10.2. The van der Waals surface area contributed by atoms with E-state index in [4.69, 9.17) is 4.74 Å². The first kappa shape index (κ1) is 22.5. The van der Waals surface area contributed by atoms with Crippen LogP contribution in [0.25, 0.3) is 0 Å². The van der Waals surface area contributed by atoms with Crippen molar-refractivity contribution in [2.45, 2.75) is 32.8 Å². The average Bonchev–Trinajstić information content (AvgIpc) is 2.59. The van der Waals surface area contributed by atoms with Crippen molar-refractivity contribution < 1.29 is 29.3 Å². The van der Waals surface area contributed by atoms with E-state index in [1.54, 1.807) is 45.0 Å². The first-order valence-corrected chi connectivity index (χ1v) is 9.23. The molecule has 0 spiro atoms. The van der Waals surface area contributed by atoms with E-state index >= 15 is 0 Å². The minimum Gasteiger partial charge on any atom is -0.508 e. The molecule has 5 N–H and O–H groups in total. The zero-order valence-electron chi connectivity index (χ0n) is 17.0. The van der Waals surface area contributed by atoms with Crippen molar-refractivity contribution in [1.82, 2.24) is 5.32 Å². The number of nitrogens with one attached hydrogen (secondary N) is 3. The lowest BCUT2D eigenvalue weighted by Gasteiger charge is -2.19. The molecule has 30 heavy (non-hydrogen) atoms. The molecule has 2 rings (SSSR count). The molecule has 2 aromatic carbocycles. The Balaban J connectivity index is 1.88. The molecule has 2 aromatic rings. The van der Waals surface area contributed by atoms with Gasteiger partial charge >= 0.3 is 6.09 Å². The van der Waals surface area contributed by atoms with Crippen LogP contribution in [0.3, 0.4) is 0 Å². The summed E-state index contributed by atoms with van der Waals surface area (Å²) in [4.78, 5) is 35.9. The third-order valence-electron chi connectivity index (χ3n) is 3.59. The highest BCUT2D eigenvalue weighted by Crippen LogP contribution is 2.22. The molecule has 0 aliphatic rings. The second-order valence-corrected chi connectivity index (χ2v) is 7.50. The average molecular weight is 415 g/mol. The lowest BCUT2D eigenvalue weighted by Crippen LogP contribution is -2.34. The molecule has 0 saturated carbocycles. The quantitative estimate of drug-likeness (QED) is 0.491. The number of anilines is 2. The van der Waals surface area contributed by atoms with Crippen LogP contribution < -0.4 is 16.0 Å². The Morgan fingerprint density at radius 1 is 0.933 bits per heavy atom. The maximum absolute atomic E-state index is 12.3. The summed E-state index contributed by atoms with van der Waals surface area (Å²) in [5.74, 6) is -1.33. The van der Waals surface area contributed by atoms with Crippen LogP contribution in [0, 0.1) is 0 Å². The number of carbonyl (C=O) groups excluding carboxylic acids is 3. The van der Waals surface area contributed by atoms with E-state index in [0.29, 0.717) is 11.4 Å². The first-order valence-electron chi connectivity index (χ1n) is 9.23. The number of hydrogen-bond acceptors (Lipinski definition) is 6. The third-order valence-corrected chi connectivity index (χ3v) is 3.59. The number of phenols is 2. The maximum atomic E-state index is 12.3. The Bertz CT molecular complexity index is 916. The normalized spacial score (nSPS) is 10.8. The summed E-state index contributed by atoms with van der Waals surface area (Å²) in [5, 5.41) is 26.8. The van der Waals surface area contributed by atoms with Crippen molar-refractivity contribution >= 4 is 29.3 Å². The predicted octanol–water partition coefficient (Wildman–Crippen LogP) is 3.20. The number of amides is 3. The zero-order chi connectivity index (χ0) is 22.3. The highest BCUT2D eigenvalue weighted by atomic mass is 16.6. The number of benzene rings is 2. The zero-order valence-corrected chi connectivity index (χ0v) is 17.0. The molecule has 0 aliphatic carbocycles. The van der Waals surface area contributed by atoms with Gasteiger partial charge in [0.25, 0.3) is 5.91 Å². The van der Waals surface area contributed by atoms with Gasteiger partial charge in [-0.15, -0.1) is 0 Å². The van der Waals surface area contributed by atoms with E-state index in [-0.39, 0.29) is 35.9 Å². The van der Waals surface area contributed by atoms with E-state index < -0.39 is 17.6 Å². The predicted molar refractivity (Wildman–Crippen MR) is 112 cm³/mol. The molecule has 9 nitrogen and oxygen atoms in total. The Morgan fingerprint density at radius 2 is 1.53 bits per heavy atom. The van der Waals surface area contributed by atoms with Gasteiger partial charge in [0.2, 0.25) is 5.91 Å². The summed E-state index contributed by atoms with van der Waals surface area (Å²) in [7, 11) is 0. The van der Waals surface area contributed by atoms with Crippen LogP contribution in [0.5, 0.6) is 11.5 Å². The number of alkyl carbamates (subject to hydrolysis) is 1. The maximum Gasteiger partial charge on any atom is 0.407 e. The SMILES string of the molecule is CC(C)(C)OC(=O)NCCC(=O)Nc1cccc(NC(=O)c2cc(O)cc(O)c2)c1. The summed E-state index contributed by atoms with van der Waals surface area (Å²) in [6, 6.07) is 10.0. The van der Waals surface area contributed by atoms with Gasteiger partial charge in [-0.1, -0.05) is 6.07 Å². The Hall–Kier alpha value is -3.75. The molecular weight excluding hydrogens is 390 g/mol. The van der Waals surface area contributed by atoms with Crippen molar-refractivity contribution in [2.24, 2.45) is 0 Å². The van der Waals surface area contributed by atoms with Gasteiger partial charge in [0.1, 0.15) is 17.1 Å². The van der Waals surface area contributed by atoms with Crippen molar-refractivity contribution in [2.75, 3.05) is 17.2 Å². The fourth-order valence-corrected chi connectivity index (χ4v) is 2.42. The molecule has 160 valence electrons. The van der Waals surface area contributed by atoms with Crippen molar-refractivity contribution in [3.05, 3.63) is 48.0 Å². The molecule has 9 heteroatoms. The number of ether oxygens (including phenoxy) is 1. The van der Waals surface area contributed by atoms with Gasteiger partial charge in [-0.3, -0.25) is 9.59 Å². The van der Waals surface area contributed by atoms with Gasteiger partial charge in [-0.05, 0) is 51.1 Å². The minimum atomic E-state index is -0.617. The van der Waals surface area contributed by atoms with Gasteiger partial charge in [0.15, 0.2) is 0 Å². The van der Waals surface area contributed by atoms with Crippen molar-refractivity contribution in [3.63, 3.8) is 0 Å². The second kappa shape index (κ2) is 9.64. The smallest absolute Gasteiger partial charge is 0.407 e. The van der Waals surface area contributed by atoms with Crippen LogP contribution in [0.2, 0.25) is 0 Å².